The van der Waals surface area contributed by atoms with E-state index in [1.54, 1.807) is 0 Å². The molecule has 0 atom stereocenters. The average Bonchev–Trinajstić information content (AvgIpc) is 3.04. The second-order valence-electron chi connectivity index (χ2n) is 13.9. The predicted molar refractivity (Wildman–Crippen MR) is 204 cm³/mol. The lowest BCUT2D eigenvalue weighted by Gasteiger charge is -2.23. The molecule has 0 unspecified atom stereocenters. The number of rotatable bonds is 34. The summed E-state index contributed by atoms with van der Waals surface area (Å²) in [5, 5.41) is 0. The Morgan fingerprint density at radius 2 is 0.826 bits per heavy atom. The molecular weight excluding hydrogens is 588 g/mol. The van der Waals surface area contributed by atoms with E-state index in [-0.39, 0.29) is 18.3 Å². The quantitative estimate of drug-likeness (QED) is 0.0588. The summed E-state index contributed by atoms with van der Waals surface area (Å²) in [6, 6.07) is 8.20. The fourth-order valence-electron chi connectivity index (χ4n) is 6.38. The van der Waals surface area contributed by atoms with Gasteiger partial charge in [0, 0.05) is 13.5 Å². The predicted octanol–water partition coefficient (Wildman–Crippen LogP) is 13.3. The van der Waals surface area contributed by atoms with Gasteiger partial charge in [0.05, 0.1) is 0 Å². The van der Waals surface area contributed by atoms with Crippen LogP contribution in [0.25, 0.3) is 0 Å². The van der Waals surface area contributed by atoms with E-state index in [0.717, 1.165) is 6.54 Å². The molecule has 4 nitrogen and oxygen atoms in total. The van der Waals surface area contributed by atoms with E-state index in [0.29, 0.717) is 5.75 Å². The fourth-order valence-corrected chi connectivity index (χ4v) is 6.38. The number of unbranched alkanes of at least 4 members (excludes halogenated alkanes) is 26. The fraction of sp³-hybridized carbons (Fsp3) is 0.829. The lowest BCUT2D eigenvalue weighted by atomic mass is 10.0. The molecule has 0 aliphatic heterocycles. The number of carbonyl (C=O) groups excluding carboxylic acids is 1. The van der Waals surface area contributed by atoms with E-state index >= 15 is 0 Å². The number of nitrogens with zero attached hydrogens (tertiary/aromatic N) is 1. The summed E-state index contributed by atoms with van der Waals surface area (Å²) in [6.07, 6.45) is 39.5. The van der Waals surface area contributed by atoms with Crippen molar-refractivity contribution in [2.75, 3.05) is 13.1 Å². The highest BCUT2D eigenvalue weighted by molar-refractivity contribution is 5.85. The van der Waals surface area contributed by atoms with Crippen molar-refractivity contribution in [3.8, 4) is 5.75 Å². The van der Waals surface area contributed by atoms with Crippen LogP contribution >= 0.6 is 12.4 Å². The largest absolute Gasteiger partial charge is 0.380 e. The van der Waals surface area contributed by atoms with E-state index in [1.807, 2.05) is 12.1 Å². The summed E-state index contributed by atoms with van der Waals surface area (Å²) in [5.74, 6) is 0.492. The van der Waals surface area contributed by atoms with Crippen molar-refractivity contribution in [2.24, 2.45) is 0 Å². The number of halogens is 1. The topological polar surface area (TPSA) is 41.6 Å². The highest BCUT2D eigenvalue weighted by Gasteiger charge is 2.07. The maximum atomic E-state index is 11.1. The minimum absolute atomic E-state index is 0. The normalized spacial score (nSPS) is 11.1. The summed E-state index contributed by atoms with van der Waals surface area (Å²) in [4.78, 5) is 19.1. The maximum absolute atomic E-state index is 11.1. The van der Waals surface area contributed by atoms with Gasteiger partial charge in [-0.15, -0.1) is 12.4 Å². The Labute approximate surface area is 293 Å². The highest BCUT2D eigenvalue weighted by Crippen LogP contribution is 2.17. The molecule has 0 radical (unpaired) electrons. The van der Waals surface area contributed by atoms with Gasteiger partial charge in [-0.3, -0.25) is 9.69 Å². The minimum atomic E-state index is -0.188. The number of hydroxylamine groups is 1. The SMILES string of the molecule is CCCCCCCCCCCCCCCCN(CCCCCCCCCCCCCCCC)Cc1ccc(ONC(C)=O)cc1.Cl. The molecular formula is C41H77ClN2O2. The van der Waals surface area contributed by atoms with E-state index in [1.165, 1.54) is 205 Å². The third kappa shape index (κ3) is 30.1. The van der Waals surface area contributed by atoms with Crippen molar-refractivity contribution in [3.05, 3.63) is 29.8 Å². The zero-order valence-electron chi connectivity index (χ0n) is 30.9. The van der Waals surface area contributed by atoms with Gasteiger partial charge in [-0.05, 0) is 43.6 Å². The van der Waals surface area contributed by atoms with Crippen molar-refractivity contribution in [2.45, 2.75) is 207 Å². The Morgan fingerprint density at radius 1 is 0.522 bits per heavy atom. The molecule has 0 heterocycles. The van der Waals surface area contributed by atoms with Crippen LogP contribution in [0.5, 0.6) is 5.75 Å². The number of hydrogen-bond acceptors (Lipinski definition) is 3. The second kappa shape index (κ2) is 35.1. The molecule has 0 fully saturated rings. The van der Waals surface area contributed by atoms with Crippen molar-refractivity contribution in [1.82, 2.24) is 10.4 Å². The van der Waals surface area contributed by atoms with Crippen molar-refractivity contribution >= 4 is 18.3 Å². The van der Waals surface area contributed by atoms with Gasteiger partial charge < -0.3 is 4.84 Å². The lowest BCUT2D eigenvalue weighted by Crippen LogP contribution is -2.26. The maximum Gasteiger partial charge on any atom is 0.249 e. The first kappa shape index (κ1) is 44.7. The van der Waals surface area contributed by atoms with Gasteiger partial charge in [0.15, 0.2) is 5.75 Å². The molecule has 5 heteroatoms. The number of carbonyl (C=O) groups is 1. The van der Waals surface area contributed by atoms with Crippen LogP contribution in [0.3, 0.4) is 0 Å². The third-order valence-corrected chi connectivity index (χ3v) is 9.30. The van der Waals surface area contributed by atoms with Crippen LogP contribution < -0.4 is 10.3 Å². The molecule has 0 saturated carbocycles. The first-order valence-corrected chi connectivity index (χ1v) is 19.9. The Kier molecular flexibility index (Phi) is 34.1. The number of amides is 1. The smallest absolute Gasteiger partial charge is 0.249 e. The van der Waals surface area contributed by atoms with Gasteiger partial charge in [0.2, 0.25) is 5.91 Å². The molecule has 0 aromatic heterocycles. The first-order chi connectivity index (χ1) is 22.2. The lowest BCUT2D eigenvalue weighted by molar-refractivity contribution is -0.125. The van der Waals surface area contributed by atoms with Gasteiger partial charge in [-0.25, -0.2) is 0 Å². The molecule has 0 aliphatic rings. The molecule has 0 spiro atoms. The minimum Gasteiger partial charge on any atom is -0.380 e. The highest BCUT2D eigenvalue weighted by atomic mass is 35.5. The van der Waals surface area contributed by atoms with Crippen LogP contribution in [0.1, 0.15) is 206 Å². The van der Waals surface area contributed by atoms with Crippen molar-refractivity contribution < 1.29 is 9.63 Å². The van der Waals surface area contributed by atoms with Crippen molar-refractivity contribution in [3.63, 3.8) is 0 Å². The summed E-state index contributed by atoms with van der Waals surface area (Å²) >= 11 is 0. The van der Waals surface area contributed by atoms with Gasteiger partial charge in [0.25, 0.3) is 0 Å². The number of nitrogens with one attached hydrogen (secondary N) is 1. The standard InChI is InChI=1S/C41H76N2O2.ClH/c1-4-6-8-10-12-14-16-18-20-22-24-26-28-30-36-43(38-40-32-34-41(35-33-40)45-42-39(3)44)37-31-29-27-25-23-21-19-17-15-13-11-9-7-5-2;/h32-35H,4-31,36-38H2,1-3H3,(H,42,44);1H. The molecule has 1 rings (SSSR count). The molecule has 1 N–H and O–H groups in total. The van der Waals surface area contributed by atoms with E-state index in [4.69, 9.17) is 4.84 Å². The third-order valence-electron chi connectivity index (χ3n) is 9.30. The van der Waals surface area contributed by atoms with Crippen molar-refractivity contribution in [1.29, 1.82) is 0 Å². The Morgan fingerprint density at radius 3 is 1.13 bits per heavy atom. The summed E-state index contributed by atoms with van der Waals surface area (Å²) in [5.41, 5.74) is 3.73. The molecule has 0 saturated heterocycles. The summed E-state index contributed by atoms with van der Waals surface area (Å²) in [6.45, 7) is 9.44. The van der Waals surface area contributed by atoms with Crippen LogP contribution in [0.4, 0.5) is 0 Å². The molecule has 270 valence electrons. The molecule has 46 heavy (non-hydrogen) atoms. The van der Waals surface area contributed by atoms with Crippen LogP contribution in [0.2, 0.25) is 0 Å². The second-order valence-corrected chi connectivity index (χ2v) is 13.9. The van der Waals surface area contributed by atoms with E-state index in [2.05, 4.69) is 36.4 Å². The molecule has 0 aliphatic carbocycles. The molecule has 1 aromatic carbocycles. The van der Waals surface area contributed by atoms with E-state index in [9.17, 15) is 4.79 Å². The molecule has 1 amide bonds. The zero-order chi connectivity index (χ0) is 32.5. The summed E-state index contributed by atoms with van der Waals surface area (Å²) in [7, 11) is 0. The van der Waals surface area contributed by atoms with Crippen LogP contribution in [0, 0.1) is 0 Å². The van der Waals surface area contributed by atoms with Gasteiger partial charge in [0.1, 0.15) is 0 Å². The van der Waals surface area contributed by atoms with E-state index < -0.39 is 0 Å². The Hall–Kier alpha value is -1.26. The van der Waals surface area contributed by atoms with Gasteiger partial charge >= 0.3 is 0 Å². The monoisotopic (exact) mass is 665 g/mol. The first-order valence-electron chi connectivity index (χ1n) is 19.9. The zero-order valence-corrected chi connectivity index (χ0v) is 31.7. The van der Waals surface area contributed by atoms with Crippen LogP contribution in [0.15, 0.2) is 24.3 Å². The average molecular weight is 666 g/mol. The number of hydrogen-bond donors (Lipinski definition) is 1. The van der Waals surface area contributed by atoms with Gasteiger partial charge in [-0.2, -0.15) is 5.48 Å². The summed E-state index contributed by atoms with van der Waals surface area (Å²) < 4.78 is 0. The molecule has 0 bridgehead atoms. The van der Waals surface area contributed by atoms with Crippen LogP contribution in [-0.4, -0.2) is 23.9 Å². The Balaban J connectivity index is 0.0000202. The molecule has 1 aromatic rings. The van der Waals surface area contributed by atoms with Crippen LogP contribution in [-0.2, 0) is 11.3 Å². The van der Waals surface area contributed by atoms with Gasteiger partial charge in [-0.1, -0.05) is 193 Å². The number of benzene rings is 1. The Bertz CT molecular complexity index is 725.